The SMILES string of the molecule is CC1N=P2(Oc3ccccc3)C(N=P(Oc3ccccc3)(Oc3ccccc3)N=P1(Oc1ccccc1)Oc1ccccc1)C2Oc1ccccc1. The third-order valence-corrected chi connectivity index (χ3v) is 17.0. The van der Waals surface area contributed by atoms with Gasteiger partial charge in [0.25, 0.3) is 0 Å². The molecule has 0 radical (unpaired) electrons. The molecule has 2 aliphatic rings. The Bertz CT molecular complexity index is 2180. The summed E-state index contributed by atoms with van der Waals surface area (Å²) in [5.41, 5.74) is 0. The van der Waals surface area contributed by atoms with Gasteiger partial charge < -0.3 is 27.4 Å². The molecule has 4 unspecified atom stereocenters. The predicted molar refractivity (Wildman–Crippen MR) is 208 cm³/mol. The maximum atomic E-state index is 7.00. The highest BCUT2D eigenvalue weighted by Gasteiger charge is 2.68. The minimum Gasteiger partial charge on any atom is -0.478 e. The zero-order valence-corrected chi connectivity index (χ0v) is 30.9. The molecule has 0 saturated carbocycles. The molecule has 0 N–H and O–H groups in total. The van der Waals surface area contributed by atoms with Gasteiger partial charge in [-0.05, 0) is 79.7 Å². The lowest BCUT2D eigenvalue weighted by Crippen LogP contribution is -2.15. The second-order valence-corrected chi connectivity index (χ2v) is 19.3. The molecule has 1 fully saturated rings. The van der Waals surface area contributed by atoms with Gasteiger partial charge in [-0.1, -0.05) is 109 Å². The summed E-state index contributed by atoms with van der Waals surface area (Å²) < 4.78 is 58.1. The number of hydrogen-bond acceptors (Lipinski definition) is 9. The average molecular weight is 748 g/mol. The van der Waals surface area contributed by atoms with Crippen LogP contribution in [0.2, 0.25) is 0 Å². The van der Waals surface area contributed by atoms with E-state index in [1.165, 1.54) is 0 Å². The van der Waals surface area contributed by atoms with E-state index >= 15 is 0 Å². The second-order valence-electron chi connectivity index (χ2n) is 11.9. The molecule has 6 aromatic rings. The predicted octanol–water partition coefficient (Wildman–Crippen LogP) is 12.6. The number of benzene rings is 6. The van der Waals surface area contributed by atoms with Gasteiger partial charge in [-0.15, -0.1) is 4.52 Å². The molecular weight excluding hydrogens is 711 g/mol. The van der Waals surface area contributed by atoms with Gasteiger partial charge in [0.15, 0.2) is 17.4 Å². The maximum Gasteiger partial charge on any atom is 0.449 e. The molecule has 1 saturated heterocycles. The number of ether oxygens (including phenoxy) is 1. The lowest BCUT2D eigenvalue weighted by molar-refractivity contribution is 0.311. The van der Waals surface area contributed by atoms with Gasteiger partial charge in [0, 0.05) is 0 Å². The molecule has 0 aliphatic carbocycles. The van der Waals surface area contributed by atoms with Gasteiger partial charge in [-0.2, -0.15) is 4.74 Å². The van der Waals surface area contributed by atoms with Crippen molar-refractivity contribution in [2.24, 2.45) is 14.0 Å². The maximum absolute atomic E-state index is 7.00. The lowest BCUT2D eigenvalue weighted by Gasteiger charge is -2.32. The number of fused-ring (bicyclic) bond motifs is 1. The largest absolute Gasteiger partial charge is 0.478 e. The summed E-state index contributed by atoms with van der Waals surface area (Å²) in [4.78, 5) is 0. The van der Waals surface area contributed by atoms with Crippen LogP contribution >= 0.6 is 22.4 Å². The summed E-state index contributed by atoms with van der Waals surface area (Å²) in [6.07, 6.45) is 0. The first kappa shape index (κ1) is 33.9. The first-order chi connectivity index (χ1) is 25.5. The first-order valence-electron chi connectivity index (χ1n) is 16.8. The van der Waals surface area contributed by atoms with Crippen molar-refractivity contribution < 1.29 is 27.4 Å². The minimum absolute atomic E-state index is 0.524. The van der Waals surface area contributed by atoms with Crippen LogP contribution < -0.4 is 27.4 Å². The van der Waals surface area contributed by atoms with Crippen molar-refractivity contribution in [1.82, 2.24) is 0 Å². The fraction of sp³-hybridized carbons (Fsp3) is 0.100. The normalized spacial score (nSPS) is 22.2. The number of para-hydroxylation sites is 6. The van der Waals surface area contributed by atoms with Gasteiger partial charge in [0.2, 0.25) is 7.28 Å². The molecule has 12 heteroatoms. The van der Waals surface area contributed by atoms with Crippen molar-refractivity contribution >= 4 is 22.4 Å². The van der Waals surface area contributed by atoms with E-state index in [4.69, 9.17) is 41.4 Å². The van der Waals surface area contributed by atoms with Crippen LogP contribution in [0.1, 0.15) is 6.92 Å². The quantitative estimate of drug-likeness (QED) is 0.116. The molecule has 0 bridgehead atoms. The third-order valence-electron chi connectivity index (χ3n) is 8.12. The molecule has 9 nitrogen and oxygen atoms in total. The Kier molecular flexibility index (Phi) is 9.66. The Morgan fingerprint density at radius 3 is 1.15 bits per heavy atom. The fourth-order valence-corrected chi connectivity index (χ4v) is 15.7. The standard InChI is InChI=1S/C40H36N3O6P3/c1-32-41-50(45-34-22-10-3-11-23-34)39(40(50)44-33-20-8-2-9-21-33)42-52(48-37-28-16-6-17-29-37,49-38-30-18-7-19-31-38)43-51(32,46-35-24-12-4-13-25-35)47-36-26-14-5-15-27-36/h2-32,39-40H,1H3. The van der Waals surface area contributed by atoms with Crippen molar-refractivity contribution in [1.29, 1.82) is 0 Å². The zero-order valence-electron chi connectivity index (χ0n) is 28.2. The van der Waals surface area contributed by atoms with E-state index in [9.17, 15) is 0 Å². The van der Waals surface area contributed by atoms with Crippen LogP contribution in [0.25, 0.3) is 0 Å². The highest BCUT2D eigenvalue weighted by Crippen LogP contribution is 2.83. The van der Waals surface area contributed by atoms with Crippen molar-refractivity contribution in [3.05, 3.63) is 182 Å². The third kappa shape index (κ3) is 7.40. The van der Waals surface area contributed by atoms with Crippen LogP contribution in [0.3, 0.4) is 0 Å². The number of hydrogen-bond donors (Lipinski definition) is 0. The summed E-state index contributed by atoms with van der Waals surface area (Å²) in [5, 5.41) is 0. The Morgan fingerprint density at radius 2 is 0.750 bits per heavy atom. The Hall–Kier alpha value is -5.19. The van der Waals surface area contributed by atoms with Crippen LogP contribution in [-0.2, 0) is 0 Å². The van der Waals surface area contributed by atoms with Crippen molar-refractivity contribution in [2.45, 2.75) is 24.3 Å². The lowest BCUT2D eigenvalue weighted by atomic mass is 10.3. The van der Waals surface area contributed by atoms with Gasteiger partial charge >= 0.3 is 15.2 Å². The molecule has 2 heterocycles. The van der Waals surface area contributed by atoms with Crippen LogP contribution in [0, 0.1) is 0 Å². The second kappa shape index (κ2) is 14.8. The van der Waals surface area contributed by atoms with Gasteiger partial charge in [0.1, 0.15) is 34.5 Å². The molecule has 4 atom stereocenters. The van der Waals surface area contributed by atoms with Crippen molar-refractivity contribution in [3.63, 3.8) is 0 Å². The van der Waals surface area contributed by atoms with Gasteiger partial charge in [-0.25, -0.2) is 4.74 Å². The highest BCUT2D eigenvalue weighted by molar-refractivity contribution is 7.74. The first-order valence-corrected chi connectivity index (χ1v) is 21.8. The zero-order chi connectivity index (χ0) is 35.3. The van der Waals surface area contributed by atoms with Gasteiger partial charge in [-0.3, -0.25) is 0 Å². The Balaban J connectivity index is 1.42. The molecule has 0 aromatic heterocycles. The summed E-state index contributed by atoms with van der Waals surface area (Å²) in [6.45, 7) is 1.96. The van der Waals surface area contributed by atoms with E-state index in [0.717, 1.165) is 0 Å². The summed E-state index contributed by atoms with van der Waals surface area (Å²) in [6, 6.07) is 57.1. The van der Waals surface area contributed by atoms with Crippen molar-refractivity contribution in [3.8, 4) is 34.5 Å². The molecule has 262 valence electrons. The average Bonchev–Trinajstić information content (AvgIpc) is 3.72. The molecule has 0 amide bonds. The summed E-state index contributed by atoms with van der Waals surface area (Å²) in [7, 11) is -10.4. The summed E-state index contributed by atoms with van der Waals surface area (Å²) in [5.74, 6) is 1.63. The monoisotopic (exact) mass is 747 g/mol. The van der Waals surface area contributed by atoms with Crippen LogP contribution in [0.4, 0.5) is 0 Å². The smallest absolute Gasteiger partial charge is 0.449 e. The van der Waals surface area contributed by atoms with E-state index in [1.807, 2.05) is 189 Å². The number of nitrogens with zero attached hydrogens (tertiary/aromatic N) is 3. The Labute approximate surface area is 303 Å². The number of rotatable bonds is 12. The molecule has 6 aromatic carbocycles. The van der Waals surface area contributed by atoms with Crippen molar-refractivity contribution in [2.75, 3.05) is 0 Å². The molecule has 2 aliphatic heterocycles. The Morgan fingerprint density at radius 1 is 0.404 bits per heavy atom. The minimum atomic E-state index is -3.78. The molecule has 0 spiro atoms. The van der Waals surface area contributed by atoms with Crippen LogP contribution in [0.5, 0.6) is 34.5 Å². The van der Waals surface area contributed by atoms with Crippen LogP contribution in [-0.4, -0.2) is 17.4 Å². The molecule has 52 heavy (non-hydrogen) atoms. The summed E-state index contributed by atoms with van der Waals surface area (Å²) >= 11 is 0. The highest BCUT2D eigenvalue weighted by atomic mass is 31.2. The fourth-order valence-electron chi connectivity index (χ4n) is 5.63. The van der Waals surface area contributed by atoms with Gasteiger partial charge in [0.05, 0.1) is 0 Å². The van der Waals surface area contributed by atoms with E-state index in [0.29, 0.717) is 34.5 Å². The van der Waals surface area contributed by atoms with E-state index < -0.39 is 39.9 Å². The topological polar surface area (TPSA) is 92.5 Å². The van der Waals surface area contributed by atoms with E-state index in [2.05, 4.69) is 0 Å². The van der Waals surface area contributed by atoms with E-state index in [-0.39, 0.29) is 0 Å². The van der Waals surface area contributed by atoms with Crippen LogP contribution in [0.15, 0.2) is 196 Å². The molecular formula is C40H36N3O6P3. The molecule has 8 rings (SSSR count). The van der Waals surface area contributed by atoms with E-state index in [1.54, 1.807) is 0 Å².